The van der Waals surface area contributed by atoms with E-state index in [1.54, 1.807) is 12.1 Å². The van der Waals surface area contributed by atoms with Crippen molar-refractivity contribution < 1.29 is 32.3 Å². The number of ether oxygens (including phenoxy) is 2. The third-order valence-corrected chi connectivity index (χ3v) is 5.11. The Balaban J connectivity index is 2.04. The smallest absolute Gasteiger partial charge is 0.337 e. The number of aryl methyl sites for hydroxylation is 1. The number of hydrogen-bond acceptors (Lipinski definition) is 7. The summed E-state index contributed by atoms with van der Waals surface area (Å²) >= 11 is 0. The zero-order valence-corrected chi connectivity index (χ0v) is 15.7. The Morgan fingerprint density at radius 3 is 2.70 bits per heavy atom. The average Bonchev–Trinajstić information content (AvgIpc) is 2.77. The third kappa shape index (κ3) is 5.66. The topological polar surface area (TPSA) is 140 Å². The molecule has 1 atom stereocenters. The molecule has 10 nitrogen and oxygen atoms in total. The van der Waals surface area contributed by atoms with Crippen LogP contribution < -0.4 is 15.4 Å². The van der Waals surface area contributed by atoms with Crippen molar-refractivity contribution in [3.63, 3.8) is 0 Å². The van der Waals surface area contributed by atoms with Gasteiger partial charge in [-0.3, -0.25) is 4.79 Å². The minimum Gasteiger partial charge on any atom is -0.465 e. The molecule has 27 heavy (non-hydrogen) atoms. The fourth-order valence-corrected chi connectivity index (χ4v) is 3.36. The molecule has 0 spiro atoms. The Kier molecular flexibility index (Phi) is 6.75. The van der Waals surface area contributed by atoms with Gasteiger partial charge in [0.15, 0.2) is 0 Å². The first-order valence-electron chi connectivity index (χ1n) is 8.07. The monoisotopic (exact) mass is 399 g/mol. The summed E-state index contributed by atoms with van der Waals surface area (Å²) in [4.78, 5) is 35.9. The average molecular weight is 399 g/mol. The molecule has 148 valence electrons. The van der Waals surface area contributed by atoms with Gasteiger partial charge in [0.2, 0.25) is 15.9 Å². The van der Waals surface area contributed by atoms with Crippen molar-refractivity contribution in [2.45, 2.75) is 18.9 Å². The van der Waals surface area contributed by atoms with Gasteiger partial charge in [-0.25, -0.2) is 22.7 Å². The van der Waals surface area contributed by atoms with E-state index >= 15 is 0 Å². The van der Waals surface area contributed by atoms with Crippen molar-refractivity contribution >= 4 is 33.6 Å². The zero-order valence-electron chi connectivity index (χ0n) is 14.9. The highest BCUT2D eigenvalue weighted by atomic mass is 32.2. The Labute approximate surface area is 156 Å². The maximum atomic E-state index is 12.3. The van der Waals surface area contributed by atoms with Crippen molar-refractivity contribution in [3.8, 4) is 0 Å². The van der Waals surface area contributed by atoms with Gasteiger partial charge in [0.1, 0.15) is 6.04 Å². The molecule has 1 unspecified atom stereocenters. The number of carbonyl (C=O) groups is 3. The molecule has 1 aromatic rings. The molecular formula is C16H21N3O7S. The summed E-state index contributed by atoms with van der Waals surface area (Å²) in [6.07, 6.45) is 0.620. The van der Waals surface area contributed by atoms with Gasteiger partial charge in [0, 0.05) is 12.8 Å². The molecule has 1 heterocycles. The molecule has 1 aliphatic rings. The second kappa shape index (κ2) is 8.82. The Bertz CT molecular complexity index is 838. The number of anilines is 1. The first kappa shape index (κ1) is 20.6. The summed E-state index contributed by atoms with van der Waals surface area (Å²) in [7, 11) is -1.25. The minimum absolute atomic E-state index is 0.0651. The van der Waals surface area contributed by atoms with Crippen LogP contribution in [0.2, 0.25) is 0 Å². The lowest BCUT2D eigenvalue weighted by molar-refractivity contribution is -0.117. The standard InChI is InChI=1S/C16H21N3O7S/c1-25-7-8-27(23,24)19-16(22)18-13-6-3-10-9-11(15(21)26-2)4-5-12(10)17-14(13)20/h4-5,9,13H,3,6-8H2,1-2H3,(H,17,20)(H2,18,19,22). The van der Waals surface area contributed by atoms with E-state index in [4.69, 9.17) is 0 Å². The van der Waals surface area contributed by atoms with Gasteiger partial charge in [-0.2, -0.15) is 0 Å². The van der Waals surface area contributed by atoms with E-state index in [0.717, 1.165) is 0 Å². The van der Waals surface area contributed by atoms with Crippen LogP contribution in [-0.4, -0.2) is 58.9 Å². The molecule has 1 aliphatic heterocycles. The summed E-state index contributed by atoms with van der Waals surface area (Å²) in [6.45, 7) is -0.0651. The van der Waals surface area contributed by atoms with Crippen LogP contribution in [0, 0.1) is 0 Å². The van der Waals surface area contributed by atoms with E-state index in [1.165, 1.54) is 20.3 Å². The normalized spacial score (nSPS) is 16.5. The number of sulfonamides is 1. The number of nitrogens with one attached hydrogen (secondary N) is 3. The summed E-state index contributed by atoms with van der Waals surface area (Å²) in [5, 5.41) is 5.01. The van der Waals surface area contributed by atoms with E-state index in [0.29, 0.717) is 23.2 Å². The van der Waals surface area contributed by atoms with Crippen molar-refractivity contribution in [1.29, 1.82) is 0 Å². The second-order valence-electron chi connectivity index (χ2n) is 5.83. The molecular weight excluding hydrogens is 378 g/mol. The first-order valence-corrected chi connectivity index (χ1v) is 9.73. The molecule has 0 aromatic heterocycles. The van der Waals surface area contributed by atoms with Gasteiger partial charge in [-0.15, -0.1) is 0 Å². The van der Waals surface area contributed by atoms with Crippen LogP contribution in [0.1, 0.15) is 22.3 Å². The van der Waals surface area contributed by atoms with Gasteiger partial charge in [-0.05, 0) is 36.6 Å². The molecule has 0 radical (unpaired) electrons. The number of rotatable bonds is 6. The number of amides is 3. The molecule has 3 N–H and O–H groups in total. The predicted molar refractivity (Wildman–Crippen MR) is 95.9 cm³/mol. The van der Waals surface area contributed by atoms with Crippen LogP contribution in [0.3, 0.4) is 0 Å². The van der Waals surface area contributed by atoms with Crippen molar-refractivity contribution in [1.82, 2.24) is 10.0 Å². The Morgan fingerprint density at radius 2 is 2.04 bits per heavy atom. The maximum Gasteiger partial charge on any atom is 0.337 e. The van der Waals surface area contributed by atoms with Crippen LogP contribution in [0.25, 0.3) is 0 Å². The lowest BCUT2D eigenvalue weighted by Crippen LogP contribution is -2.49. The number of urea groups is 1. The van der Waals surface area contributed by atoms with Crippen LogP contribution in [0.4, 0.5) is 10.5 Å². The molecule has 0 saturated carbocycles. The lowest BCUT2D eigenvalue weighted by atomic mass is 10.0. The van der Waals surface area contributed by atoms with Gasteiger partial charge >= 0.3 is 12.0 Å². The van der Waals surface area contributed by atoms with Crippen molar-refractivity contribution in [2.75, 3.05) is 31.9 Å². The largest absolute Gasteiger partial charge is 0.465 e. The van der Waals surface area contributed by atoms with Crippen LogP contribution >= 0.6 is 0 Å². The molecule has 11 heteroatoms. The molecule has 0 aliphatic carbocycles. The van der Waals surface area contributed by atoms with Crippen LogP contribution in [0.5, 0.6) is 0 Å². The van der Waals surface area contributed by atoms with Gasteiger partial charge in [0.05, 0.1) is 25.0 Å². The summed E-state index contributed by atoms with van der Waals surface area (Å²) in [5.74, 6) is -1.36. The van der Waals surface area contributed by atoms with Crippen molar-refractivity contribution in [2.24, 2.45) is 0 Å². The highest BCUT2D eigenvalue weighted by Crippen LogP contribution is 2.23. The van der Waals surface area contributed by atoms with E-state index in [1.807, 2.05) is 4.72 Å². The summed E-state index contributed by atoms with van der Waals surface area (Å²) < 4.78 is 34.6. The minimum atomic E-state index is -3.86. The number of methoxy groups -OCH3 is 2. The summed E-state index contributed by atoms with van der Waals surface area (Å²) in [6, 6.07) is 2.79. The van der Waals surface area contributed by atoms with Crippen LogP contribution in [0.15, 0.2) is 18.2 Å². The van der Waals surface area contributed by atoms with Gasteiger partial charge in [0.25, 0.3) is 0 Å². The SMILES string of the molecule is COCCS(=O)(=O)NC(=O)NC1CCc2cc(C(=O)OC)ccc2NC1=O. The molecule has 1 aromatic carbocycles. The quantitative estimate of drug-likeness (QED) is 0.572. The van der Waals surface area contributed by atoms with E-state index < -0.39 is 34.0 Å². The number of carbonyl (C=O) groups excluding carboxylic acids is 3. The van der Waals surface area contributed by atoms with Gasteiger partial charge in [-0.1, -0.05) is 0 Å². The number of fused-ring (bicyclic) bond motifs is 1. The fourth-order valence-electron chi connectivity index (χ4n) is 2.53. The highest BCUT2D eigenvalue weighted by molar-refractivity contribution is 7.90. The Hall–Kier alpha value is -2.66. The van der Waals surface area contributed by atoms with E-state index in [2.05, 4.69) is 20.1 Å². The first-order chi connectivity index (χ1) is 12.8. The number of esters is 1. The van der Waals surface area contributed by atoms with E-state index in [-0.39, 0.29) is 18.8 Å². The molecule has 0 saturated heterocycles. The number of hydrogen-bond donors (Lipinski definition) is 3. The second-order valence-corrected chi connectivity index (χ2v) is 7.67. The Morgan fingerprint density at radius 1 is 1.30 bits per heavy atom. The van der Waals surface area contributed by atoms with Crippen LogP contribution in [-0.2, 0) is 30.7 Å². The molecule has 0 fully saturated rings. The zero-order chi connectivity index (χ0) is 20.0. The molecule has 0 bridgehead atoms. The van der Waals surface area contributed by atoms with E-state index in [9.17, 15) is 22.8 Å². The van der Waals surface area contributed by atoms with Gasteiger partial charge < -0.3 is 20.1 Å². The number of benzene rings is 1. The highest BCUT2D eigenvalue weighted by Gasteiger charge is 2.27. The van der Waals surface area contributed by atoms with Crippen molar-refractivity contribution in [3.05, 3.63) is 29.3 Å². The summed E-state index contributed by atoms with van der Waals surface area (Å²) in [5.41, 5.74) is 1.58. The lowest BCUT2D eigenvalue weighted by Gasteiger charge is -2.15. The maximum absolute atomic E-state index is 12.3. The predicted octanol–water partition coefficient (Wildman–Crippen LogP) is 0.00190. The third-order valence-electron chi connectivity index (χ3n) is 3.91. The molecule has 2 rings (SSSR count). The molecule has 3 amide bonds. The fraction of sp³-hybridized carbons (Fsp3) is 0.438.